The van der Waals surface area contributed by atoms with Gasteiger partial charge in [-0.3, -0.25) is 4.79 Å². The number of benzene rings is 1. The van der Waals surface area contributed by atoms with E-state index < -0.39 is 10.0 Å². The molecule has 2 aliphatic rings. The van der Waals surface area contributed by atoms with Crippen molar-refractivity contribution in [1.82, 2.24) is 24.2 Å². The van der Waals surface area contributed by atoms with Crippen LogP contribution in [0.4, 0.5) is 0 Å². The van der Waals surface area contributed by atoms with Crippen molar-refractivity contribution in [3.05, 3.63) is 41.2 Å². The Morgan fingerprint density at radius 1 is 1.22 bits per heavy atom. The van der Waals surface area contributed by atoms with Crippen LogP contribution in [0.5, 0.6) is 0 Å². The molecule has 1 amide bonds. The fourth-order valence-electron chi connectivity index (χ4n) is 3.54. The lowest BCUT2D eigenvalue weighted by molar-refractivity contribution is -0.128. The molecule has 8 nitrogen and oxygen atoms in total. The van der Waals surface area contributed by atoms with E-state index in [1.54, 1.807) is 15.6 Å². The quantitative estimate of drug-likeness (QED) is 0.768. The van der Waals surface area contributed by atoms with Crippen molar-refractivity contribution in [2.45, 2.75) is 44.2 Å². The summed E-state index contributed by atoms with van der Waals surface area (Å²) in [5.41, 5.74) is 2.41. The van der Waals surface area contributed by atoms with Crippen molar-refractivity contribution in [3.8, 4) is 0 Å². The molecule has 0 radical (unpaired) electrons. The first-order valence-corrected chi connectivity index (χ1v) is 10.5. The zero-order valence-corrected chi connectivity index (χ0v) is 16.3. The molecular weight excluding hydrogens is 366 g/mol. The predicted octanol–water partition coefficient (Wildman–Crippen LogP) is 1.26. The fourth-order valence-corrected chi connectivity index (χ4v) is 5.36. The second-order valence-corrected chi connectivity index (χ2v) is 9.26. The van der Waals surface area contributed by atoms with Crippen molar-refractivity contribution in [2.24, 2.45) is 0 Å². The standard InChI is InChI=1S/C18H23N5O3S/c1-13-5-6-14(2)17(8-13)27(25,26)22-11-16(12-22)23-10-15(19-20-23)9-21-7-3-4-18(21)24/h5-6,8,10,16H,3-4,7,9,11-12H2,1-2H3. The van der Waals surface area contributed by atoms with E-state index in [0.29, 0.717) is 31.0 Å². The molecule has 0 aliphatic carbocycles. The van der Waals surface area contributed by atoms with Gasteiger partial charge in [-0.15, -0.1) is 5.10 Å². The fraction of sp³-hybridized carbons (Fsp3) is 0.500. The highest BCUT2D eigenvalue weighted by Crippen LogP contribution is 2.30. The summed E-state index contributed by atoms with van der Waals surface area (Å²) in [6.45, 7) is 5.68. The maximum Gasteiger partial charge on any atom is 0.243 e. The number of aryl methyl sites for hydroxylation is 2. The van der Waals surface area contributed by atoms with Crippen molar-refractivity contribution in [1.29, 1.82) is 0 Å². The molecule has 0 bridgehead atoms. The number of rotatable bonds is 5. The molecule has 2 saturated heterocycles. The van der Waals surface area contributed by atoms with Gasteiger partial charge in [-0.2, -0.15) is 4.31 Å². The minimum absolute atomic E-state index is 0.0274. The van der Waals surface area contributed by atoms with E-state index >= 15 is 0 Å². The van der Waals surface area contributed by atoms with Crippen LogP contribution in [0.25, 0.3) is 0 Å². The van der Waals surface area contributed by atoms with Gasteiger partial charge in [0.2, 0.25) is 15.9 Å². The second kappa shape index (κ2) is 6.72. The van der Waals surface area contributed by atoms with Crippen LogP contribution in [-0.2, 0) is 21.4 Å². The Morgan fingerprint density at radius 2 is 2.00 bits per heavy atom. The van der Waals surface area contributed by atoms with Crippen LogP contribution >= 0.6 is 0 Å². The molecule has 2 aromatic rings. The zero-order chi connectivity index (χ0) is 19.2. The lowest BCUT2D eigenvalue weighted by Crippen LogP contribution is -2.50. The molecule has 27 heavy (non-hydrogen) atoms. The molecule has 2 aliphatic heterocycles. The molecule has 4 rings (SSSR count). The summed E-state index contributed by atoms with van der Waals surface area (Å²) in [7, 11) is -3.50. The monoisotopic (exact) mass is 389 g/mol. The molecule has 2 fully saturated rings. The van der Waals surface area contributed by atoms with Gasteiger partial charge in [0.1, 0.15) is 5.69 Å². The predicted molar refractivity (Wildman–Crippen MR) is 98.4 cm³/mol. The van der Waals surface area contributed by atoms with E-state index in [1.165, 1.54) is 4.31 Å². The van der Waals surface area contributed by atoms with Crippen molar-refractivity contribution in [3.63, 3.8) is 0 Å². The average Bonchev–Trinajstić information content (AvgIpc) is 3.18. The van der Waals surface area contributed by atoms with Crippen molar-refractivity contribution >= 4 is 15.9 Å². The summed E-state index contributed by atoms with van der Waals surface area (Å²) in [6.07, 6.45) is 3.31. The Hall–Kier alpha value is -2.26. The van der Waals surface area contributed by atoms with Crippen LogP contribution in [0.15, 0.2) is 29.3 Å². The van der Waals surface area contributed by atoms with Crippen LogP contribution in [0, 0.1) is 13.8 Å². The first-order chi connectivity index (χ1) is 12.8. The van der Waals surface area contributed by atoms with Gasteiger partial charge in [0.25, 0.3) is 0 Å². The van der Waals surface area contributed by atoms with Crippen LogP contribution in [0.2, 0.25) is 0 Å². The minimum atomic E-state index is -3.50. The van der Waals surface area contributed by atoms with E-state index in [2.05, 4.69) is 10.3 Å². The van der Waals surface area contributed by atoms with E-state index in [0.717, 1.165) is 29.8 Å². The maximum atomic E-state index is 12.9. The first-order valence-electron chi connectivity index (χ1n) is 9.10. The van der Waals surface area contributed by atoms with Gasteiger partial charge in [0.05, 0.1) is 23.7 Å². The molecule has 3 heterocycles. The summed E-state index contributed by atoms with van der Waals surface area (Å²) < 4.78 is 28.9. The lowest BCUT2D eigenvalue weighted by atomic mass is 10.2. The Labute approximate surface area is 158 Å². The highest BCUT2D eigenvalue weighted by Gasteiger charge is 2.39. The van der Waals surface area contributed by atoms with Gasteiger partial charge in [-0.05, 0) is 37.5 Å². The maximum absolute atomic E-state index is 12.9. The smallest absolute Gasteiger partial charge is 0.243 e. The number of carbonyl (C=O) groups is 1. The molecule has 1 aromatic carbocycles. The van der Waals surface area contributed by atoms with Gasteiger partial charge in [0.15, 0.2) is 0 Å². The number of sulfonamides is 1. The summed E-state index contributed by atoms with van der Waals surface area (Å²) in [6, 6.07) is 5.44. The molecule has 9 heteroatoms. The third kappa shape index (κ3) is 3.37. The van der Waals surface area contributed by atoms with Gasteiger partial charge in [-0.1, -0.05) is 17.3 Å². The molecule has 0 spiro atoms. The highest BCUT2D eigenvalue weighted by molar-refractivity contribution is 7.89. The number of carbonyl (C=O) groups excluding carboxylic acids is 1. The number of hydrogen-bond acceptors (Lipinski definition) is 5. The zero-order valence-electron chi connectivity index (χ0n) is 15.5. The molecule has 0 saturated carbocycles. The normalized spacial score (nSPS) is 18.9. The summed E-state index contributed by atoms with van der Waals surface area (Å²) in [5.74, 6) is 0.152. The number of hydrogen-bond donors (Lipinski definition) is 0. The van der Waals surface area contributed by atoms with Crippen molar-refractivity contribution < 1.29 is 13.2 Å². The SMILES string of the molecule is Cc1ccc(C)c(S(=O)(=O)N2CC(n3cc(CN4CCCC4=O)nn3)C2)c1. The van der Waals surface area contributed by atoms with E-state index in [-0.39, 0.29) is 11.9 Å². The summed E-state index contributed by atoms with van der Waals surface area (Å²) >= 11 is 0. The van der Waals surface area contributed by atoms with E-state index in [4.69, 9.17) is 0 Å². The summed E-state index contributed by atoms with van der Waals surface area (Å²) in [4.78, 5) is 13.9. The number of nitrogens with zero attached hydrogens (tertiary/aromatic N) is 5. The third-order valence-corrected chi connectivity index (χ3v) is 7.22. The number of likely N-dealkylation sites (tertiary alicyclic amines) is 1. The Balaban J connectivity index is 1.42. The minimum Gasteiger partial charge on any atom is -0.337 e. The van der Waals surface area contributed by atoms with Crippen LogP contribution in [-0.4, -0.2) is 58.2 Å². The number of amides is 1. The van der Waals surface area contributed by atoms with Gasteiger partial charge in [0, 0.05) is 26.1 Å². The van der Waals surface area contributed by atoms with E-state index in [9.17, 15) is 13.2 Å². The third-order valence-electron chi connectivity index (χ3n) is 5.25. The highest BCUT2D eigenvalue weighted by atomic mass is 32.2. The number of aromatic nitrogens is 3. The molecule has 0 unspecified atom stereocenters. The Kier molecular flexibility index (Phi) is 4.51. The van der Waals surface area contributed by atoms with Crippen molar-refractivity contribution in [2.75, 3.05) is 19.6 Å². The largest absolute Gasteiger partial charge is 0.337 e. The lowest BCUT2D eigenvalue weighted by Gasteiger charge is -2.37. The molecular formula is C18H23N5O3S. The van der Waals surface area contributed by atoms with Gasteiger partial charge < -0.3 is 4.90 Å². The van der Waals surface area contributed by atoms with Crippen LogP contribution < -0.4 is 0 Å². The second-order valence-electron chi connectivity index (χ2n) is 7.35. The molecule has 0 atom stereocenters. The van der Waals surface area contributed by atoms with Gasteiger partial charge >= 0.3 is 0 Å². The Bertz CT molecular complexity index is 979. The molecule has 1 aromatic heterocycles. The van der Waals surface area contributed by atoms with E-state index in [1.807, 2.05) is 32.2 Å². The first kappa shape index (κ1) is 18.1. The Morgan fingerprint density at radius 3 is 2.70 bits per heavy atom. The summed E-state index contributed by atoms with van der Waals surface area (Å²) in [5, 5.41) is 8.27. The average molecular weight is 389 g/mol. The van der Waals surface area contributed by atoms with Crippen LogP contribution in [0.3, 0.4) is 0 Å². The molecule has 144 valence electrons. The van der Waals surface area contributed by atoms with Gasteiger partial charge in [-0.25, -0.2) is 13.1 Å². The van der Waals surface area contributed by atoms with Crippen LogP contribution in [0.1, 0.15) is 35.7 Å². The topological polar surface area (TPSA) is 88.4 Å². The molecule has 0 N–H and O–H groups in total.